The molecule has 0 radical (unpaired) electrons. The van der Waals surface area contributed by atoms with Crippen molar-refractivity contribution >= 4 is 17.6 Å². The van der Waals surface area contributed by atoms with E-state index in [9.17, 15) is 9.90 Å². The van der Waals surface area contributed by atoms with Gasteiger partial charge in [-0.1, -0.05) is 23.7 Å². The lowest BCUT2D eigenvalue weighted by atomic mass is 9.95. The first-order chi connectivity index (χ1) is 11.5. The van der Waals surface area contributed by atoms with Crippen molar-refractivity contribution in [2.75, 3.05) is 0 Å². The van der Waals surface area contributed by atoms with Crippen molar-refractivity contribution in [3.05, 3.63) is 59.3 Å². The molecule has 0 aliphatic heterocycles. The van der Waals surface area contributed by atoms with Gasteiger partial charge in [-0.2, -0.15) is 5.10 Å². The SMILES string of the molecule is Cc1nn(-c2cncnc2)c(-c2ccc(Cl)cc2)c1C(C)C(=O)O. The minimum Gasteiger partial charge on any atom is -0.481 e. The molecule has 3 aromatic rings. The van der Waals surface area contributed by atoms with Crippen molar-refractivity contribution in [2.24, 2.45) is 0 Å². The van der Waals surface area contributed by atoms with Crippen LogP contribution in [0.15, 0.2) is 43.0 Å². The standard InChI is InChI=1S/C17H15ClN4O2/c1-10(17(23)24)15-11(2)21-22(14-7-19-9-20-8-14)16(15)12-3-5-13(18)6-4-12/h3-10H,1-2H3,(H,23,24). The molecule has 1 N–H and O–H groups in total. The summed E-state index contributed by atoms with van der Waals surface area (Å²) in [6, 6.07) is 7.22. The fourth-order valence-corrected chi connectivity index (χ4v) is 2.78. The van der Waals surface area contributed by atoms with E-state index in [4.69, 9.17) is 11.6 Å². The van der Waals surface area contributed by atoms with E-state index >= 15 is 0 Å². The number of nitrogens with zero attached hydrogens (tertiary/aromatic N) is 4. The third-order valence-electron chi connectivity index (χ3n) is 3.82. The zero-order valence-electron chi connectivity index (χ0n) is 13.1. The first-order valence-electron chi connectivity index (χ1n) is 7.32. The third-order valence-corrected chi connectivity index (χ3v) is 4.07. The van der Waals surface area contributed by atoms with Crippen LogP contribution in [0.1, 0.15) is 24.1 Å². The minimum atomic E-state index is -0.905. The Labute approximate surface area is 143 Å². The van der Waals surface area contributed by atoms with Crippen LogP contribution in [0.5, 0.6) is 0 Å². The van der Waals surface area contributed by atoms with Gasteiger partial charge in [0, 0.05) is 16.1 Å². The third kappa shape index (κ3) is 2.88. The van der Waals surface area contributed by atoms with Gasteiger partial charge in [0.2, 0.25) is 0 Å². The minimum absolute atomic E-state index is 0.609. The summed E-state index contributed by atoms with van der Waals surface area (Å²) in [5.74, 6) is -1.61. The molecule has 0 bridgehead atoms. The maximum Gasteiger partial charge on any atom is 0.310 e. The van der Waals surface area contributed by atoms with Gasteiger partial charge in [0.05, 0.1) is 29.7 Å². The second kappa shape index (κ2) is 6.41. The number of benzene rings is 1. The quantitative estimate of drug-likeness (QED) is 0.785. The van der Waals surface area contributed by atoms with Gasteiger partial charge in [-0.3, -0.25) is 4.79 Å². The first-order valence-corrected chi connectivity index (χ1v) is 7.70. The van der Waals surface area contributed by atoms with E-state index in [1.165, 1.54) is 6.33 Å². The Morgan fingerprint density at radius 1 is 1.21 bits per heavy atom. The van der Waals surface area contributed by atoms with Gasteiger partial charge in [-0.25, -0.2) is 14.6 Å². The summed E-state index contributed by atoms with van der Waals surface area (Å²) in [7, 11) is 0. The number of carbonyl (C=O) groups is 1. The Morgan fingerprint density at radius 2 is 1.83 bits per heavy atom. The first kappa shape index (κ1) is 16.1. The van der Waals surface area contributed by atoms with Crippen molar-refractivity contribution < 1.29 is 9.90 Å². The predicted octanol–water partition coefficient (Wildman–Crippen LogP) is 3.48. The van der Waals surface area contributed by atoms with Crippen LogP contribution in [0, 0.1) is 6.92 Å². The molecule has 0 aliphatic rings. The molecule has 0 aliphatic carbocycles. The highest BCUT2D eigenvalue weighted by Gasteiger charge is 2.26. The fourth-order valence-electron chi connectivity index (χ4n) is 2.65. The molecule has 0 spiro atoms. The van der Waals surface area contributed by atoms with Crippen molar-refractivity contribution in [3.8, 4) is 16.9 Å². The maximum absolute atomic E-state index is 11.6. The van der Waals surface area contributed by atoms with E-state index in [1.54, 1.807) is 43.1 Å². The zero-order valence-corrected chi connectivity index (χ0v) is 13.9. The van der Waals surface area contributed by atoms with Gasteiger partial charge < -0.3 is 5.11 Å². The number of halogens is 1. The molecule has 1 aromatic carbocycles. The van der Waals surface area contributed by atoms with Crippen LogP contribution in [0.25, 0.3) is 16.9 Å². The lowest BCUT2D eigenvalue weighted by Gasteiger charge is -2.12. The van der Waals surface area contributed by atoms with E-state index in [0.29, 0.717) is 27.7 Å². The summed E-state index contributed by atoms with van der Waals surface area (Å²) in [4.78, 5) is 19.6. The lowest BCUT2D eigenvalue weighted by molar-refractivity contribution is -0.138. The maximum atomic E-state index is 11.6. The second-order valence-corrected chi connectivity index (χ2v) is 5.86. The molecule has 1 atom stereocenters. The summed E-state index contributed by atoms with van der Waals surface area (Å²) in [6.45, 7) is 3.45. The summed E-state index contributed by atoms with van der Waals surface area (Å²) in [6.07, 6.45) is 4.70. The molecule has 6 nitrogen and oxygen atoms in total. The molecular weight excluding hydrogens is 328 g/mol. The summed E-state index contributed by atoms with van der Waals surface area (Å²) < 4.78 is 1.67. The largest absolute Gasteiger partial charge is 0.481 e. The highest BCUT2D eigenvalue weighted by molar-refractivity contribution is 6.30. The van der Waals surface area contributed by atoms with Crippen LogP contribution < -0.4 is 0 Å². The summed E-state index contributed by atoms with van der Waals surface area (Å²) in [5.41, 5.74) is 3.50. The Balaban J connectivity index is 2.29. The number of hydrogen-bond acceptors (Lipinski definition) is 4. The molecule has 0 saturated heterocycles. The Bertz CT molecular complexity index is 876. The van der Waals surface area contributed by atoms with Crippen LogP contribution in [-0.4, -0.2) is 30.8 Å². The Hall–Kier alpha value is -2.73. The summed E-state index contributed by atoms with van der Waals surface area (Å²) in [5, 5.41) is 14.6. The van der Waals surface area contributed by atoms with E-state index < -0.39 is 11.9 Å². The molecule has 2 aromatic heterocycles. The molecule has 3 rings (SSSR count). The second-order valence-electron chi connectivity index (χ2n) is 5.42. The topological polar surface area (TPSA) is 80.9 Å². The van der Waals surface area contributed by atoms with Gasteiger partial charge in [0.25, 0.3) is 0 Å². The zero-order chi connectivity index (χ0) is 17.3. The Morgan fingerprint density at radius 3 is 2.42 bits per heavy atom. The van der Waals surface area contributed by atoms with Crippen molar-refractivity contribution in [2.45, 2.75) is 19.8 Å². The molecular formula is C17H15ClN4O2. The number of carboxylic acids is 1. The number of aromatic nitrogens is 4. The number of aliphatic carboxylic acids is 1. The molecule has 0 fully saturated rings. The average Bonchev–Trinajstić information content (AvgIpc) is 2.93. The van der Waals surface area contributed by atoms with Gasteiger partial charge in [-0.15, -0.1) is 0 Å². The number of hydrogen-bond donors (Lipinski definition) is 1. The van der Waals surface area contributed by atoms with Crippen LogP contribution in [0.4, 0.5) is 0 Å². The number of carboxylic acid groups (broad SMARTS) is 1. The van der Waals surface area contributed by atoms with Crippen molar-refractivity contribution in [1.29, 1.82) is 0 Å². The number of rotatable bonds is 4. The summed E-state index contributed by atoms with van der Waals surface area (Å²) >= 11 is 5.98. The molecule has 2 heterocycles. The molecule has 122 valence electrons. The highest BCUT2D eigenvalue weighted by atomic mass is 35.5. The van der Waals surface area contributed by atoms with Crippen LogP contribution >= 0.6 is 11.6 Å². The van der Waals surface area contributed by atoms with Gasteiger partial charge >= 0.3 is 5.97 Å². The van der Waals surface area contributed by atoms with E-state index in [1.807, 2.05) is 12.1 Å². The Kier molecular flexibility index (Phi) is 4.31. The lowest BCUT2D eigenvalue weighted by Crippen LogP contribution is -2.10. The predicted molar refractivity (Wildman–Crippen MR) is 90.4 cm³/mol. The molecule has 1 unspecified atom stereocenters. The molecule has 24 heavy (non-hydrogen) atoms. The average molecular weight is 343 g/mol. The number of aryl methyl sites for hydroxylation is 1. The van der Waals surface area contributed by atoms with E-state index in [-0.39, 0.29) is 0 Å². The van der Waals surface area contributed by atoms with Gasteiger partial charge in [0.15, 0.2) is 0 Å². The normalized spacial score (nSPS) is 12.1. The molecule has 0 saturated carbocycles. The smallest absolute Gasteiger partial charge is 0.310 e. The van der Waals surface area contributed by atoms with Gasteiger partial charge in [-0.05, 0) is 26.0 Å². The van der Waals surface area contributed by atoms with Crippen LogP contribution in [0.3, 0.4) is 0 Å². The van der Waals surface area contributed by atoms with Crippen LogP contribution in [-0.2, 0) is 4.79 Å². The van der Waals surface area contributed by atoms with Crippen molar-refractivity contribution in [3.63, 3.8) is 0 Å². The van der Waals surface area contributed by atoms with E-state index in [0.717, 1.165) is 5.56 Å². The monoisotopic (exact) mass is 342 g/mol. The van der Waals surface area contributed by atoms with Crippen LogP contribution in [0.2, 0.25) is 5.02 Å². The van der Waals surface area contributed by atoms with Crippen molar-refractivity contribution in [1.82, 2.24) is 19.7 Å². The molecule has 0 amide bonds. The fraction of sp³-hybridized carbons (Fsp3) is 0.176. The highest BCUT2D eigenvalue weighted by Crippen LogP contribution is 2.34. The molecule has 7 heteroatoms. The van der Waals surface area contributed by atoms with E-state index in [2.05, 4.69) is 15.1 Å². The van der Waals surface area contributed by atoms with Gasteiger partial charge in [0.1, 0.15) is 12.0 Å².